The van der Waals surface area contributed by atoms with Gasteiger partial charge < -0.3 is 0 Å². The first-order valence-corrected chi connectivity index (χ1v) is 9.87. The van der Waals surface area contributed by atoms with Crippen molar-refractivity contribution in [3.63, 3.8) is 0 Å². The third-order valence-electron chi connectivity index (χ3n) is 1.31. The van der Waals surface area contributed by atoms with E-state index in [1.165, 1.54) is 0 Å². The third-order valence-corrected chi connectivity index (χ3v) is 4.16. The summed E-state index contributed by atoms with van der Waals surface area (Å²) in [7, 11) is 0. The summed E-state index contributed by atoms with van der Waals surface area (Å²) in [6, 6.07) is 0. The van der Waals surface area contributed by atoms with E-state index in [1.54, 1.807) is 0 Å². The summed E-state index contributed by atoms with van der Waals surface area (Å²) in [5.74, 6) is 0. The van der Waals surface area contributed by atoms with E-state index in [9.17, 15) is 0 Å². The fraction of sp³-hybridized carbons (Fsp3) is 1.00. The first kappa shape index (κ1) is 16.2. The van der Waals surface area contributed by atoms with Gasteiger partial charge in [0.1, 0.15) is 0 Å². The standard InChI is InChI=1S/C10H23O2PSSe/c1-9(2,3)7-11-13(14,15)12-8-10(4,5)6/h7-8H2,1-6H3,(H,14,15)/p-1. The van der Waals surface area contributed by atoms with Crippen LogP contribution in [0.25, 0.3) is 0 Å². The molecular weight excluding hydrogens is 294 g/mol. The fourth-order valence-corrected chi connectivity index (χ4v) is 2.73. The van der Waals surface area contributed by atoms with Gasteiger partial charge in [0.25, 0.3) is 0 Å². The van der Waals surface area contributed by atoms with Gasteiger partial charge in [-0.15, -0.1) is 0 Å². The summed E-state index contributed by atoms with van der Waals surface area (Å²) in [4.78, 5) is 0. The quantitative estimate of drug-likeness (QED) is 0.449. The van der Waals surface area contributed by atoms with Gasteiger partial charge in [0, 0.05) is 0 Å². The first-order valence-electron chi connectivity index (χ1n) is 5.01. The van der Waals surface area contributed by atoms with Gasteiger partial charge in [-0.1, -0.05) is 0 Å². The van der Waals surface area contributed by atoms with E-state index in [2.05, 4.69) is 57.1 Å². The molecule has 0 spiro atoms. The molecule has 15 heavy (non-hydrogen) atoms. The Morgan fingerprint density at radius 2 is 1.20 bits per heavy atom. The monoisotopic (exact) mass is 317 g/mol. The molecule has 0 bridgehead atoms. The van der Waals surface area contributed by atoms with E-state index in [1.807, 2.05) is 0 Å². The van der Waals surface area contributed by atoms with E-state index >= 15 is 0 Å². The SMILES string of the molecule is CC(C)(C)CO[P+]([S-])([Se-])OCC(C)(C)C. The maximum absolute atomic E-state index is 5.64. The molecule has 0 unspecified atom stereocenters. The Morgan fingerprint density at radius 3 is 1.40 bits per heavy atom. The molecule has 0 aliphatic heterocycles. The predicted octanol–water partition coefficient (Wildman–Crippen LogP) is 3.50. The van der Waals surface area contributed by atoms with Crippen LogP contribution in [0.5, 0.6) is 0 Å². The predicted molar refractivity (Wildman–Crippen MR) is 70.9 cm³/mol. The molecule has 0 rings (SSSR count). The molecule has 0 saturated carbocycles. The van der Waals surface area contributed by atoms with Gasteiger partial charge in [0.05, 0.1) is 0 Å². The van der Waals surface area contributed by atoms with Crippen LogP contribution in [-0.4, -0.2) is 28.8 Å². The molecule has 0 saturated heterocycles. The first-order chi connectivity index (χ1) is 6.41. The van der Waals surface area contributed by atoms with E-state index in [0.29, 0.717) is 13.2 Å². The molecule has 5 heteroatoms. The Balaban J connectivity index is 3.98. The average Bonchev–Trinajstić information content (AvgIpc) is 1.96. The zero-order valence-electron chi connectivity index (χ0n) is 10.5. The van der Waals surface area contributed by atoms with E-state index in [0.717, 1.165) is 0 Å². The summed E-state index contributed by atoms with van der Waals surface area (Å²) >= 11 is 8.17. The fourth-order valence-electron chi connectivity index (χ4n) is 0.583. The van der Waals surface area contributed by atoms with Crippen LogP contribution in [0.1, 0.15) is 41.5 Å². The molecule has 0 atom stereocenters. The third kappa shape index (κ3) is 11.5. The minimum absolute atomic E-state index is 0.124. The maximum atomic E-state index is 5.64. The normalized spacial score (nSPS) is 14.4. The van der Waals surface area contributed by atoms with Crippen LogP contribution in [0.2, 0.25) is 0 Å². The summed E-state index contributed by atoms with van der Waals surface area (Å²) in [6.07, 6.45) is 0. The van der Waals surface area contributed by atoms with Gasteiger partial charge in [-0.3, -0.25) is 0 Å². The summed E-state index contributed by atoms with van der Waals surface area (Å²) < 4.78 is 11.3. The minimum atomic E-state index is -2.18. The van der Waals surface area contributed by atoms with E-state index in [-0.39, 0.29) is 10.8 Å². The van der Waals surface area contributed by atoms with Gasteiger partial charge in [-0.25, -0.2) is 0 Å². The van der Waals surface area contributed by atoms with Crippen LogP contribution in [0.3, 0.4) is 0 Å². The Hall–Kier alpha value is 1.22. The molecule has 0 aliphatic rings. The second kappa shape index (κ2) is 5.71. The van der Waals surface area contributed by atoms with Crippen molar-refractivity contribution in [3.05, 3.63) is 0 Å². The average molecular weight is 316 g/mol. The molecule has 0 amide bonds. The van der Waals surface area contributed by atoms with Crippen LogP contribution < -0.4 is 0 Å². The van der Waals surface area contributed by atoms with Crippen molar-refractivity contribution in [2.75, 3.05) is 13.2 Å². The molecule has 0 N–H and O–H groups in total. The number of rotatable bonds is 4. The van der Waals surface area contributed by atoms with Gasteiger partial charge in [0.15, 0.2) is 0 Å². The number of hydrogen-bond acceptors (Lipinski definition) is 3. The van der Waals surface area contributed by atoms with Gasteiger partial charge in [-0.05, 0) is 0 Å². The van der Waals surface area contributed by atoms with Crippen LogP contribution in [0.4, 0.5) is 0 Å². The van der Waals surface area contributed by atoms with Crippen molar-refractivity contribution >= 4 is 33.4 Å². The Morgan fingerprint density at radius 1 is 0.933 bits per heavy atom. The molecular formula is C10H22O2PSSe-. The van der Waals surface area contributed by atoms with Crippen LogP contribution in [-0.2, 0) is 21.3 Å². The second-order valence-electron chi connectivity index (χ2n) is 6.12. The molecule has 92 valence electrons. The van der Waals surface area contributed by atoms with Crippen molar-refractivity contribution in [3.8, 4) is 0 Å². The Kier molecular flexibility index (Phi) is 6.17. The molecule has 0 aromatic carbocycles. The molecule has 0 aromatic rings. The molecule has 0 fully saturated rings. The second-order valence-corrected chi connectivity index (χ2v) is 13.6. The zero-order chi connectivity index (χ0) is 12.3. The molecule has 0 radical (unpaired) electrons. The Bertz CT molecular complexity index is 177. The van der Waals surface area contributed by atoms with Crippen molar-refractivity contribution in [1.82, 2.24) is 0 Å². The van der Waals surface area contributed by atoms with Crippen LogP contribution >= 0.6 is 5.61 Å². The van der Waals surface area contributed by atoms with Crippen molar-refractivity contribution in [2.24, 2.45) is 10.8 Å². The molecule has 0 aliphatic carbocycles. The van der Waals surface area contributed by atoms with E-state index in [4.69, 9.17) is 21.3 Å². The topological polar surface area (TPSA) is 18.5 Å². The van der Waals surface area contributed by atoms with Crippen LogP contribution in [0.15, 0.2) is 0 Å². The molecule has 0 aromatic heterocycles. The van der Waals surface area contributed by atoms with Gasteiger partial charge in [0.2, 0.25) is 0 Å². The summed E-state index contributed by atoms with van der Waals surface area (Å²) in [6.45, 7) is 14.0. The molecule has 0 heterocycles. The van der Waals surface area contributed by atoms with Crippen molar-refractivity contribution in [2.45, 2.75) is 41.5 Å². The Labute approximate surface area is 108 Å². The van der Waals surface area contributed by atoms with Crippen molar-refractivity contribution < 1.29 is 9.05 Å². The van der Waals surface area contributed by atoms with Gasteiger partial charge in [-0.2, -0.15) is 0 Å². The van der Waals surface area contributed by atoms with E-state index < -0.39 is 5.61 Å². The summed E-state index contributed by atoms with van der Waals surface area (Å²) in [5, 5.41) is 0. The zero-order valence-corrected chi connectivity index (χ0v) is 13.9. The molecule has 2 nitrogen and oxygen atoms in total. The van der Waals surface area contributed by atoms with Crippen LogP contribution in [0, 0.1) is 10.8 Å². The number of hydrogen-bond donors (Lipinski definition) is 0. The summed E-state index contributed by atoms with van der Waals surface area (Å²) in [5.41, 5.74) is -1.93. The van der Waals surface area contributed by atoms with Gasteiger partial charge >= 0.3 is 108 Å². The van der Waals surface area contributed by atoms with Crippen molar-refractivity contribution in [1.29, 1.82) is 0 Å².